The summed E-state index contributed by atoms with van der Waals surface area (Å²) in [6.07, 6.45) is -0.188. The van der Waals surface area contributed by atoms with Gasteiger partial charge in [0.05, 0.1) is 13.3 Å². The molecule has 6 heteroatoms. The number of halogens is 2. The van der Waals surface area contributed by atoms with Gasteiger partial charge >= 0.3 is 11.9 Å². The molecule has 1 aromatic rings. The standard InChI is InChI=1S/C14H16BrFO4/c1-2-20-13(19)14(12(17)18,8-5-9-16)10-6-3-4-7-11(10)15/h3-4,6-7H,2,5,8-9H2,1H3,(H,17,18). The Labute approximate surface area is 125 Å². The normalized spacial score (nSPS) is 13.6. The third-order valence-electron chi connectivity index (χ3n) is 3.01. The number of carbonyl (C=O) groups excluding carboxylic acids is 1. The highest BCUT2D eigenvalue weighted by Gasteiger charge is 2.49. The van der Waals surface area contributed by atoms with Gasteiger partial charge in [-0.1, -0.05) is 34.1 Å². The third-order valence-corrected chi connectivity index (χ3v) is 3.70. The summed E-state index contributed by atoms with van der Waals surface area (Å²) in [5, 5.41) is 9.58. The zero-order valence-corrected chi connectivity index (χ0v) is 12.7. The Bertz CT molecular complexity index is 492. The van der Waals surface area contributed by atoms with Gasteiger partial charge < -0.3 is 9.84 Å². The van der Waals surface area contributed by atoms with Crippen molar-refractivity contribution >= 4 is 27.9 Å². The molecule has 0 heterocycles. The molecule has 0 aliphatic carbocycles. The maximum Gasteiger partial charge on any atom is 0.328 e. The van der Waals surface area contributed by atoms with Crippen LogP contribution in [0.2, 0.25) is 0 Å². The quantitative estimate of drug-likeness (QED) is 0.608. The second-order valence-electron chi connectivity index (χ2n) is 4.20. The molecule has 1 rings (SSSR count). The van der Waals surface area contributed by atoms with Gasteiger partial charge in [0.25, 0.3) is 0 Å². The zero-order chi connectivity index (χ0) is 15.2. The van der Waals surface area contributed by atoms with Crippen molar-refractivity contribution in [2.75, 3.05) is 13.3 Å². The van der Waals surface area contributed by atoms with E-state index in [4.69, 9.17) is 4.74 Å². The third kappa shape index (κ3) is 3.17. The van der Waals surface area contributed by atoms with Crippen molar-refractivity contribution in [3.8, 4) is 0 Å². The number of hydrogen-bond acceptors (Lipinski definition) is 3. The van der Waals surface area contributed by atoms with Crippen LogP contribution >= 0.6 is 15.9 Å². The first-order valence-electron chi connectivity index (χ1n) is 6.22. The number of ether oxygens (including phenoxy) is 1. The van der Waals surface area contributed by atoms with Crippen molar-refractivity contribution < 1.29 is 23.8 Å². The van der Waals surface area contributed by atoms with Crippen LogP contribution in [0, 0.1) is 0 Å². The van der Waals surface area contributed by atoms with Crippen molar-refractivity contribution in [2.24, 2.45) is 0 Å². The van der Waals surface area contributed by atoms with Crippen molar-refractivity contribution in [1.29, 1.82) is 0 Å². The van der Waals surface area contributed by atoms with Crippen LogP contribution in [0.1, 0.15) is 25.3 Å². The number of carboxylic acid groups (broad SMARTS) is 1. The second kappa shape index (κ2) is 7.38. The molecule has 0 aliphatic heterocycles. The van der Waals surface area contributed by atoms with Gasteiger partial charge in [0.1, 0.15) is 0 Å². The predicted octanol–water partition coefficient (Wildman–Crippen LogP) is 3.08. The maximum absolute atomic E-state index is 12.5. The minimum atomic E-state index is -1.89. The van der Waals surface area contributed by atoms with Gasteiger partial charge in [-0.3, -0.25) is 14.0 Å². The largest absolute Gasteiger partial charge is 0.480 e. The summed E-state index contributed by atoms with van der Waals surface area (Å²) in [7, 11) is 0. The van der Waals surface area contributed by atoms with Crippen LogP contribution in [0.15, 0.2) is 28.7 Å². The molecule has 20 heavy (non-hydrogen) atoms. The Hall–Kier alpha value is -1.43. The molecule has 0 saturated heterocycles. The predicted molar refractivity (Wildman–Crippen MR) is 75.3 cm³/mol. The molecule has 0 fully saturated rings. The highest BCUT2D eigenvalue weighted by atomic mass is 79.9. The average Bonchev–Trinajstić information content (AvgIpc) is 2.41. The summed E-state index contributed by atoms with van der Waals surface area (Å²) in [5.74, 6) is -2.20. The van der Waals surface area contributed by atoms with E-state index in [1.807, 2.05) is 0 Å². The minimum Gasteiger partial charge on any atom is -0.480 e. The summed E-state index contributed by atoms with van der Waals surface area (Å²) in [4.78, 5) is 24.0. The van der Waals surface area contributed by atoms with Gasteiger partial charge in [-0.2, -0.15) is 0 Å². The molecule has 1 N–H and O–H groups in total. The van der Waals surface area contributed by atoms with Gasteiger partial charge in [0.15, 0.2) is 5.41 Å². The van der Waals surface area contributed by atoms with E-state index < -0.39 is 24.0 Å². The van der Waals surface area contributed by atoms with E-state index >= 15 is 0 Å². The number of carboxylic acids is 1. The first-order chi connectivity index (χ1) is 9.50. The lowest BCUT2D eigenvalue weighted by Gasteiger charge is -2.28. The van der Waals surface area contributed by atoms with Crippen LogP contribution in [-0.2, 0) is 19.7 Å². The number of esters is 1. The van der Waals surface area contributed by atoms with Crippen molar-refractivity contribution in [2.45, 2.75) is 25.2 Å². The lowest BCUT2D eigenvalue weighted by atomic mass is 9.76. The molecule has 110 valence electrons. The summed E-state index contributed by atoms with van der Waals surface area (Å²) >= 11 is 3.25. The molecule has 1 aromatic carbocycles. The lowest BCUT2D eigenvalue weighted by Crippen LogP contribution is -2.45. The molecule has 0 spiro atoms. The number of rotatable bonds is 7. The van der Waals surface area contributed by atoms with Crippen LogP contribution in [-0.4, -0.2) is 30.3 Å². The lowest BCUT2D eigenvalue weighted by molar-refractivity contribution is -0.162. The molecule has 0 aromatic heterocycles. The van der Waals surface area contributed by atoms with E-state index in [0.29, 0.717) is 4.47 Å². The first kappa shape index (κ1) is 16.6. The average molecular weight is 347 g/mol. The highest BCUT2D eigenvalue weighted by molar-refractivity contribution is 9.10. The Kier molecular flexibility index (Phi) is 6.13. The maximum atomic E-state index is 12.5. The SMILES string of the molecule is CCOC(=O)C(CCCF)(C(=O)O)c1ccccc1Br. The van der Waals surface area contributed by atoms with Crippen molar-refractivity contribution in [1.82, 2.24) is 0 Å². The fourth-order valence-electron chi connectivity index (χ4n) is 2.05. The molecule has 1 atom stereocenters. The van der Waals surface area contributed by atoms with Crippen LogP contribution in [0.25, 0.3) is 0 Å². The van der Waals surface area contributed by atoms with Gasteiger partial charge in [-0.15, -0.1) is 0 Å². The van der Waals surface area contributed by atoms with Gasteiger partial charge in [-0.05, 0) is 31.4 Å². The van der Waals surface area contributed by atoms with Crippen LogP contribution in [0.3, 0.4) is 0 Å². The van der Waals surface area contributed by atoms with Crippen molar-refractivity contribution in [3.63, 3.8) is 0 Å². The zero-order valence-electron chi connectivity index (χ0n) is 11.1. The van der Waals surface area contributed by atoms with Crippen LogP contribution in [0.5, 0.6) is 0 Å². The molecule has 0 bridgehead atoms. The van der Waals surface area contributed by atoms with E-state index in [1.54, 1.807) is 25.1 Å². The van der Waals surface area contributed by atoms with E-state index in [-0.39, 0.29) is 25.0 Å². The van der Waals surface area contributed by atoms with Crippen LogP contribution < -0.4 is 0 Å². The van der Waals surface area contributed by atoms with Gasteiger partial charge in [-0.25, -0.2) is 0 Å². The number of aliphatic carboxylic acids is 1. The van der Waals surface area contributed by atoms with E-state index in [9.17, 15) is 19.1 Å². The van der Waals surface area contributed by atoms with Gasteiger partial charge in [0, 0.05) is 4.47 Å². The molecule has 0 radical (unpaired) electrons. The number of hydrogen-bond donors (Lipinski definition) is 1. The Morgan fingerprint density at radius 1 is 1.40 bits per heavy atom. The van der Waals surface area contributed by atoms with E-state index in [1.165, 1.54) is 6.07 Å². The minimum absolute atomic E-state index is 0.0353. The monoisotopic (exact) mass is 346 g/mol. The number of benzene rings is 1. The Morgan fingerprint density at radius 3 is 2.55 bits per heavy atom. The molecular formula is C14H16BrFO4. The van der Waals surface area contributed by atoms with Crippen LogP contribution in [0.4, 0.5) is 4.39 Å². The summed E-state index contributed by atoms with van der Waals surface area (Å²) in [6.45, 7) is 0.965. The van der Waals surface area contributed by atoms with Gasteiger partial charge in [0.2, 0.25) is 0 Å². The summed E-state index contributed by atoms with van der Waals surface area (Å²) in [5.41, 5.74) is -1.61. The molecular weight excluding hydrogens is 331 g/mol. The van der Waals surface area contributed by atoms with E-state index in [0.717, 1.165) is 0 Å². The topological polar surface area (TPSA) is 63.6 Å². The first-order valence-corrected chi connectivity index (χ1v) is 7.01. The Morgan fingerprint density at radius 2 is 2.05 bits per heavy atom. The Balaban J connectivity index is 3.40. The molecule has 0 aliphatic rings. The number of carbonyl (C=O) groups is 2. The fraction of sp³-hybridized carbons (Fsp3) is 0.429. The molecule has 4 nitrogen and oxygen atoms in total. The number of alkyl halides is 1. The molecule has 1 unspecified atom stereocenters. The smallest absolute Gasteiger partial charge is 0.328 e. The molecule has 0 saturated carbocycles. The molecule has 0 amide bonds. The fourth-order valence-corrected chi connectivity index (χ4v) is 2.67. The second-order valence-corrected chi connectivity index (χ2v) is 5.06. The summed E-state index contributed by atoms with van der Waals surface area (Å²) < 4.78 is 17.9. The highest BCUT2D eigenvalue weighted by Crippen LogP contribution is 2.36. The summed E-state index contributed by atoms with van der Waals surface area (Å²) in [6, 6.07) is 6.52. The van der Waals surface area contributed by atoms with Crippen molar-refractivity contribution in [3.05, 3.63) is 34.3 Å². The van der Waals surface area contributed by atoms with E-state index in [2.05, 4.69) is 15.9 Å².